The highest BCUT2D eigenvalue weighted by atomic mass is 32.2. The second kappa shape index (κ2) is 8.28. The molecule has 0 aromatic heterocycles. The Kier molecular flexibility index (Phi) is 6.70. The van der Waals surface area contributed by atoms with Crippen LogP contribution < -0.4 is 0 Å². The molecule has 0 aliphatic carbocycles. The molecule has 0 N–H and O–H groups in total. The molecule has 0 spiro atoms. The van der Waals surface area contributed by atoms with Crippen LogP contribution in [0.5, 0.6) is 0 Å². The second-order valence-corrected chi connectivity index (χ2v) is 10.9. The molecular formula is C18H28N2O5S2. The Morgan fingerprint density at radius 3 is 2.26 bits per heavy atom. The number of carbonyl (C=O) groups excluding carboxylic acids is 1. The quantitative estimate of drug-likeness (QED) is 0.674. The maximum atomic E-state index is 13.0. The Morgan fingerprint density at radius 2 is 1.78 bits per heavy atom. The van der Waals surface area contributed by atoms with E-state index >= 15 is 0 Å². The Morgan fingerprint density at radius 1 is 1.15 bits per heavy atom. The van der Waals surface area contributed by atoms with Crippen LogP contribution >= 0.6 is 0 Å². The van der Waals surface area contributed by atoms with Crippen molar-refractivity contribution in [2.75, 3.05) is 31.1 Å². The summed E-state index contributed by atoms with van der Waals surface area (Å²) in [6.07, 6.45) is 0.415. The van der Waals surface area contributed by atoms with Gasteiger partial charge in [0.05, 0.1) is 16.4 Å². The average molecular weight is 417 g/mol. The Hall–Kier alpha value is -1.45. The molecule has 2 rings (SSSR count). The van der Waals surface area contributed by atoms with Crippen LogP contribution in [0.2, 0.25) is 0 Å². The number of aryl methyl sites for hydroxylation is 1. The normalized spacial score (nSPS) is 19.4. The van der Waals surface area contributed by atoms with Crippen LogP contribution in [-0.2, 0) is 19.9 Å². The standard InChI is InChI=1S/C18H28N2O5S2/c1-5-19(6-2)27(24,25)17-12-15(9-8-14(17)4)18(21)20(7-3)16-10-11-26(22,23)13-16/h8-9,12,16H,5-7,10-11,13H2,1-4H3/t16-/m1/s1. The van der Waals surface area contributed by atoms with Gasteiger partial charge in [-0.05, 0) is 38.0 Å². The van der Waals surface area contributed by atoms with Gasteiger partial charge in [-0.25, -0.2) is 16.8 Å². The van der Waals surface area contributed by atoms with Crippen LogP contribution in [0.25, 0.3) is 0 Å². The van der Waals surface area contributed by atoms with Gasteiger partial charge in [-0.2, -0.15) is 4.31 Å². The Balaban J connectivity index is 2.40. The molecule has 1 aliphatic rings. The van der Waals surface area contributed by atoms with Crippen LogP contribution in [0.1, 0.15) is 43.1 Å². The number of hydrogen-bond acceptors (Lipinski definition) is 5. The van der Waals surface area contributed by atoms with Gasteiger partial charge in [0.25, 0.3) is 5.91 Å². The van der Waals surface area contributed by atoms with Crippen molar-refractivity contribution in [1.82, 2.24) is 9.21 Å². The fourth-order valence-electron chi connectivity index (χ4n) is 3.47. The minimum Gasteiger partial charge on any atom is -0.335 e. The van der Waals surface area contributed by atoms with Crippen LogP contribution in [0.3, 0.4) is 0 Å². The number of carbonyl (C=O) groups is 1. The lowest BCUT2D eigenvalue weighted by Crippen LogP contribution is -2.41. The molecule has 27 heavy (non-hydrogen) atoms. The average Bonchev–Trinajstić information content (AvgIpc) is 2.96. The topological polar surface area (TPSA) is 91.8 Å². The SMILES string of the molecule is CCN(C(=O)c1ccc(C)c(S(=O)(=O)N(CC)CC)c1)[C@@H]1CCS(=O)(=O)C1. The molecule has 0 bridgehead atoms. The van der Waals surface area contributed by atoms with Crippen molar-refractivity contribution in [1.29, 1.82) is 0 Å². The number of hydrogen-bond donors (Lipinski definition) is 0. The first-order chi connectivity index (χ1) is 12.6. The molecule has 0 saturated carbocycles. The monoisotopic (exact) mass is 416 g/mol. The van der Waals surface area contributed by atoms with Crippen LogP contribution in [0, 0.1) is 6.92 Å². The molecule has 0 radical (unpaired) electrons. The zero-order chi connectivity index (χ0) is 20.4. The summed E-state index contributed by atoms with van der Waals surface area (Å²) in [6, 6.07) is 4.28. The van der Waals surface area contributed by atoms with Crippen LogP contribution in [-0.4, -0.2) is 69.1 Å². The fourth-order valence-corrected chi connectivity index (χ4v) is 6.91. The molecule has 1 fully saturated rings. The third-order valence-corrected chi connectivity index (χ3v) is 8.95. The van der Waals surface area contributed by atoms with Crippen molar-refractivity contribution < 1.29 is 21.6 Å². The predicted octanol–water partition coefficient (Wildman–Crippen LogP) is 1.67. The van der Waals surface area contributed by atoms with Crippen LogP contribution in [0.15, 0.2) is 23.1 Å². The second-order valence-electron chi connectivity index (χ2n) is 6.72. The van der Waals surface area contributed by atoms with E-state index in [0.29, 0.717) is 31.6 Å². The number of sulfonamides is 1. The van der Waals surface area contributed by atoms with E-state index in [0.717, 1.165) is 0 Å². The molecule has 1 saturated heterocycles. The van der Waals surface area contributed by atoms with Gasteiger partial charge in [0.2, 0.25) is 10.0 Å². The van der Waals surface area contributed by atoms with E-state index in [-0.39, 0.29) is 33.9 Å². The summed E-state index contributed by atoms with van der Waals surface area (Å²) in [7, 11) is -6.81. The molecule has 1 aromatic rings. The first-order valence-corrected chi connectivity index (χ1v) is 12.5. The molecule has 152 valence electrons. The van der Waals surface area contributed by atoms with E-state index in [2.05, 4.69) is 0 Å². The van der Waals surface area contributed by atoms with Gasteiger partial charge in [0.1, 0.15) is 0 Å². The molecular weight excluding hydrogens is 388 g/mol. The van der Waals surface area contributed by atoms with Gasteiger partial charge in [-0.15, -0.1) is 0 Å². The highest BCUT2D eigenvalue weighted by Gasteiger charge is 2.34. The van der Waals surface area contributed by atoms with E-state index < -0.39 is 19.9 Å². The summed E-state index contributed by atoms with van der Waals surface area (Å²) in [5.41, 5.74) is 0.836. The van der Waals surface area contributed by atoms with Gasteiger partial charge in [0.15, 0.2) is 9.84 Å². The summed E-state index contributed by atoms with van der Waals surface area (Å²) in [6.45, 7) is 8.09. The highest BCUT2D eigenvalue weighted by molar-refractivity contribution is 7.91. The molecule has 7 nitrogen and oxygen atoms in total. The molecule has 1 aliphatic heterocycles. The molecule has 1 amide bonds. The largest absolute Gasteiger partial charge is 0.335 e. The van der Waals surface area contributed by atoms with E-state index in [9.17, 15) is 21.6 Å². The van der Waals surface area contributed by atoms with Gasteiger partial charge < -0.3 is 4.90 Å². The smallest absolute Gasteiger partial charge is 0.254 e. The fraction of sp³-hybridized carbons (Fsp3) is 0.611. The van der Waals surface area contributed by atoms with Gasteiger partial charge in [-0.1, -0.05) is 19.9 Å². The minimum atomic E-state index is -3.69. The summed E-state index contributed by atoms with van der Waals surface area (Å²) < 4.78 is 50.7. The van der Waals surface area contributed by atoms with Gasteiger partial charge in [0, 0.05) is 31.2 Å². The minimum absolute atomic E-state index is 0.0386. The lowest BCUT2D eigenvalue weighted by molar-refractivity contribution is 0.0708. The summed E-state index contributed by atoms with van der Waals surface area (Å²) in [4.78, 5) is 14.6. The first kappa shape index (κ1) is 21.8. The van der Waals surface area contributed by atoms with E-state index in [1.165, 1.54) is 15.3 Å². The van der Waals surface area contributed by atoms with Crippen molar-refractivity contribution in [2.45, 2.75) is 45.1 Å². The maximum Gasteiger partial charge on any atom is 0.254 e. The third-order valence-electron chi connectivity index (χ3n) is 5.01. The Labute approximate surface area is 162 Å². The molecule has 1 heterocycles. The molecule has 1 atom stereocenters. The van der Waals surface area contributed by atoms with Crippen molar-refractivity contribution in [3.8, 4) is 0 Å². The summed E-state index contributed by atoms with van der Waals surface area (Å²) >= 11 is 0. The predicted molar refractivity (Wildman–Crippen MR) is 105 cm³/mol. The number of rotatable bonds is 7. The first-order valence-electron chi connectivity index (χ1n) is 9.19. The number of amides is 1. The van der Waals surface area contributed by atoms with E-state index in [1.807, 2.05) is 0 Å². The third kappa shape index (κ3) is 4.52. The summed E-state index contributed by atoms with van der Waals surface area (Å²) in [5, 5.41) is 0. The van der Waals surface area contributed by atoms with Gasteiger partial charge >= 0.3 is 0 Å². The Bertz CT molecular complexity index is 906. The molecule has 0 unspecified atom stereocenters. The van der Waals surface area contributed by atoms with Crippen molar-refractivity contribution in [3.63, 3.8) is 0 Å². The maximum absolute atomic E-state index is 13.0. The highest BCUT2D eigenvalue weighted by Crippen LogP contribution is 2.24. The summed E-state index contributed by atoms with van der Waals surface area (Å²) in [5.74, 6) is -0.296. The lowest BCUT2D eigenvalue weighted by atomic mass is 10.1. The number of benzene rings is 1. The van der Waals surface area contributed by atoms with Crippen molar-refractivity contribution in [2.24, 2.45) is 0 Å². The van der Waals surface area contributed by atoms with Crippen molar-refractivity contribution >= 4 is 25.8 Å². The zero-order valence-electron chi connectivity index (χ0n) is 16.3. The number of nitrogens with zero attached hydrogens (tertiary/aromatic N) is 2. The van der Waals surface area contributed by atoms with Crippen molar-refractivity contribution in [3.05, 3.63) is 29.3 Å². The number of sulfone groups is 1. The van der Waals surface area contributed by atoms with Gasteiger partial charge in [-0.3, -0.25) is 4.79 Å². The zero-order valence-corrected chi connectivity index (χ0v) is 17.9. The van der Waals surface area contributed by atoms with Crippen LogP contribution in [0.4, 0.5) is 0 Å². The lowest BCUT2D eigenvalue weighted by Gasteiger charge is -2.27. The molecule has 9 heteroatoms. The molecule has 1 aromatic carbocycles. The van der Waals surface area contributed by atoms with E-state index in [1.54, 1.807) is 39.8 Å². The van der Waals surface area contributed by atoms with E-state index in [4.69, 9.17) is 0 Å².